The number of carbonyl (C=O) groups excluding carboxylic acids is 4. The van der Waals surface area contributed by atoms with E-state index in [1.807, 2.05) is 30.3 Å². The molecule has 256 valence electrons. The van der Waals surface area contributed by atoms with Gasteiger partial charge in [0.25, 0.3) is 0 Å². The Kier molecular flexibility index (Phi) is 20.2. The first-order valence-corrected chi connectivity index (χ1v) is 18.1. The molecule has 4 heteroatoms. The maximum atomic E-state index is 11.6. The summed E-state index contributed by atoms with van der Waals surface area (Å²) in [5, 5.41) is 0. The minimum atomic E-state index is 0.121. The van der Waals surface area contributed by atoms with E-state index in [1.54, 1.807) is 27.7 Å². The third-order valence-corrected chi connectivity index (χ3v) is 9.75. The Bertz CT molecular complexity index is 1180. The summed E-state index contributed by atoms with van der Waals surface area (Å²) in [4.78, 5) is 43.8. The molecule has 2 aromatic carbocycles. The molecule has 6 atom stereocenters. The van der Waals surface area contributed by atoms with Gasteiger partial charge in [-0.1, -0.05) is 115 Å². The fraction of sp³-hybridized carbons (Fsp3) is 0.619. The van der Waals surface area contributed by atoms with E-state index in [1.165, 1.54) is 43.2 Å². The Hall–Kier alpha value is -2.88. The van der Waals surface area contributed by atoms with Crippen LogP contribution in [0.4, 0.5) is 0 Å². The van der Waals surface area contributed by atoms with Crippen LogP contribution in [0.2, 0.25) is 0 Å². The first-order chi connectivity index (χ1) is 21.9. The summed E-state index contributed by atoms with van der Waals surface area (Å²) < 4.78 is 0. The smallest absolute Gasteiger partial charge is 0.159 e. The van der Waals surface area contributed by atoms with E-state index in [2.05, 4.69) is 58.9 Å². The molecule has 6 unspecified atom stereocenters. The van der Waals surface area contributed by atoms with E-state index < -0.39 is 0 Å². The molecule has 2 fully saturated rings. The molecule has 0 spiro atoms. The van der Waals surface area contributed by atoms with Crippen molar-refractivity contribution in [2.24, 2.45) is 35.5 Å². The van der Waals surface area contributed by atoms with Crippen molar-refractivity contribution in [3.63, 3.8) is 0 Å². The molecule has 0 heterocycles. The molecule has 46 heavy (non-hydrogen) atoms. The van der Waals surface area contributed by atoms with Gasteiger partial charge in [-0.3, -0.25) is 14.4 Å². The number of carbonyl (C=O) groups is 4. The van der Waals surface area contributed by atoms with Crippen LogP contribution in [0, 0.1) is 35.5 Å². The average molecular weight is 633 g/mol. The van der Waals surface area contributed by atoms with Gasteiger partial charge >= 0.3 is 0 Å². The fourth-order valence-corrected chi connectivity index (χ4v) is 7.42. The first kappa shape index (κ1) is 41.1. The van der Waals surface area contributed by atoms with E-state index in [9.17, 15) is 19.2 Å². The van der Waals surface area contributed by atoms with E-state index in [0.29, 0.717) is 29.2 Å². The summed E-state index contributed by atoms with van der Waals surface area (Å²) in [5.74, 6) is 4.88. The standard InChI is InChI=1S/C14H18O.C11H18O.C8H8O.C6H12O.C3H8/c1-3-11-8-12-6-4-5-7-13(12)9-14(11)10(2)15;1-3-10-8-4-5-9(6-8)11(10)7(2)12;1-7(9)8-5-3-2-4-6-8;1-3-4-5-6(2)7;1-3-2/h4-7,11,14H,3,8-9H2,1-2H3;8-11H,3-6H2,1-2H3;2-6H,1H3;3-5H2,1-2H3;3H2,1-2H3. The number of hydrogen-bond donors (Lipinski definition) is 0. The van der Waals surface area contributed by atoms with Gasteiger partial charge < -0.3 is 4.79 Å². The molecule has 0 radical (unpaired) electrons. The predicted octanol–water partition coefficient (Wildman–Crippen LogP) is 10.7. The number of Topliss-reactive ketones (excluding diaryl/α,β-unsaturated/α-hetero) is 4. The number of rotatable bonds is 8. The quantitative estimate of drug-likeness (QED) is 0.272. The van der Waals surface area contributed by atoms with Crippen LogP contribution in [0.1, 0.15) is 142 Å². The van der Waals surface area contributed by atoms with Crippen molar-refractivity contribution >= 4 is 23.1 Å². The van der Waals surface area contributed by atoms with Crippen molar-refractivity contribution in [3.05, 3.63) is 71.3 Å². The monoisotopic (exact) mass is 632 g/mol. The maximum absolute atomic E-state index is 11.6. The number of unbranched alkanes of at least 4 members (excludes halogenated alkanes) is 1. The van der Waals surface area contributed by atoms with E-state index in [0.717, 1.165) is 61.8 Å². The Morgan fingerprint density at radius 2 is 1.22 bits per heavy atom. The lowest BCUT2D eigenvalue weighted by molar-refractivity contribution is -0.124. The van der Waals surface area contributed by atoms with Crippen molar-refractivity contribution in [3.8, 4) is 0 Å². The Balaban J connectivity index is 0.000000309. The highest BCUT2D eigenvalue weighted by molar-refractivity contribution is 5.93. The zero-order valence-electron chi connectivity index (χ0n) is 30.6. The zero-order chi connectivity index (χ0) is 34.6. The van der Waals surface area contributed by atoms with E-state index in [-0.39, 0.29) is 11.7 Å². The Labute approximate surface area is 281 Å². The van der Waals surface area contributed by atoms with Crippen molar-refractivity contribution in [1.29, 1.82) is 0 Å². The molecule has 3 aliphatic carbocycles. The molecular formula is C42H64O4. The highest BCUT2D eigenvalue weighted by Crippen LogP contribution is 2.53. The average Bonchev–Trinajstić information content (AvgIpc) is 3.67. The minimum Gasteiger partial charge on any atom is -0.300 e. The SMILES string of the molecule is CC(=O)c1ccccc1.CCC.CCC1C2CCC(C2)C1C(C)=O.CCC1Cc2ccccc2CC1C(C)=O.CCCCC(C)=O. The summed E-state index contributed by atoms with van der Waals surface area (Å²) in [6.45, 7) is 17.5. The minimum absolute atomic E-state index is 0.121. The molecule has 0 saturated heterocycles. The third-order valence-electron chi connectivity index (χ3n) is 9.75. The number of fused-ring (bicyclic) bond motifs is 3. The third kappa shape index (κ3) is 13.9. The second kappa shape index (κ2) is 22.6. The van der Waals surface area contributed by atoms with Gasteiger partial charge in [0.1, 0.15) is 17.3 Å². The predicted molar refractivity (Wildman–Crippen MR) is 193 cm³/mol. The fourth-order valence-electron chi connectivity index (χ4n) is 7.42. The summed E-state index contributed by atoms with van der Waals surface area (Å²) in [5.41, 5.74) is 3.60. The van der Waals surface area contributed by atoms with Gasteiger partial charge in [-0.25, -0.2) is 0 Å². The second-order valence-corrected chi connectivity index (χ2v) is 13.5. The van der Waals surface area contributed by atoms with Crippen LogP contribution in [0.25, 0.3) is 0 Å². The molecular weight excluding hydrogens is 568 g/mol. The molecule has 4 nitrogen and oxygen atoms in total. The molecule has 0 amide bonds. The van der Waals surface area contributed by atoms with Gasteiger partial charge in [0, 0.05) is 23.8 Å². The van der Waals surface area contributed by atoms with E-state index >= 15 is 0 Å². The van der Waals surface area contributed by atoms with Crippen molar-refractivity contribution in [2.45, 2.75) is 133 Å². The normalized spacial score (nSPS) is 23.3. The lowest BCUT2D eigenvalue weighted by Crippen LogP contribution is -2.30. The molecule has 5 rings (SSSR count). The van der Waals surface area contributed by atoms with Gasteiger partial charge in [0.05, 0.1) is 0 Å². The molecule has 2 saturated carbocycles. The van der Waals surface area contributed by atoms with Crippen LogP contribution < -0.4 is 0 Å². The van der Waals surface area contributed by atoms with Crippen LogP contribution >= 0.6 is 0 Å². The summed E-state index contributed by atoms with van der Waals surface area (Å²) in [7, 11) is 0. The van der Waals surface area contributed by atoms with Gasteiger partial charge in [-0.05, 0) is 101 Å². The zero-order valence-corrected chi connectivity index (χ0v) is 30.6. The number of hydrogen-bond acceptors (Lipinski definition) is 4. The maximum Gasteiger partial charge on any atom is 0.159 e. The second-order valence-electron chi connectivity index (χ2n) is 13.5. The topological polar surface area (TPSA) is 68.3 Å². The Morgan fingerprint density at radius 1 is 0.674 bits per heavy atom. The highest BCUT2D eigenvalue weighted by Gasteiger charge is 2.48. The van der Waals surface area contributed by atoms with Crippen LogP contribution in [0.3, 0.4) is 0 Å². The van der Waals surface area contributed by atoms with Crippen LogP contribution in [0.15, 0.2) is 54.6 Å². The summed E-state index contributed by atoms with van der Waals surface area (Å²) >= 11 is 0. The number of ketones is 4. The Morgan fingerprint density at radius 3 is 1.61 bits per heavy atom. The van der Waals surface area contributed by atoms with E-state index in [4.69, 9.17) is 0 Å². The van der Waals surface area contributed by atoms with Gasteiger partial charge in [0.15, 0.2) is 5.78 Å². The van der Waals surface area contributed by atoms with Gasteiger partial charge in [-0.15, -0.1) is 0 Å². The van der Waals surface area contributed by atoms with Crippen molar-refractivity contribution in [1.82, 2.24) is 0 Å². The summed E-state index contributed by atoms with van der Waals surface area (Å²) in [6, 6.07) is 17.8. The molecule has 0 aliphatic heterocycles. The van der Waals surface area contributed by atoms with Crippen molar-refractivity contribution < 1.29 is 19.2 Å². The largest absolute Gasteiger partial charge is 0.300 e. The van der Waals surface area contributed by atoms with Crippen LogP contribution in [0.5, 0.6) is 0 Å². The number of benzene rings is 2. The molecule has 3 aliphatic rings. The first-order valence-electron chi connectivity index (χ1n) is 18.1. The highest BCUT2D eigenvalue weighted by atomic mass is 16.1. The molecule has 2 aromatic rings. The lowest BCUT2D eigenvalue weighted by atomic mass is 9.73. The molecule has 2 bridgehead atoms. The van der Waals surface area contributed by atoms with Crippen LogP contribution in [-0.4, -0.2) is 23.1 Å². The van der Waals surface area contributed by atoms with Crippen LogP contribution in [-0.2, 0) is 27.2 Å². The lowest BCUT2D eigenvalue weighted by Gasteiger charge is -2.30. The van der Waals surface area contributed by atoms with Crippen molar-refractivity contribution in [2.75, 3.05) is 0 Å². The summed E-state index contributed by atoms with van der Waals surface area (Å²) in [6.07, 6.45) is 12.6. The van der Waals surface area contributed by atoms with Gasteiger partial charge in [0.2, 0.25) is 0 Å². The van der Waals surface area contributed by atoms with Gasteiger partial charge in [-0.2, -0.15) is 0 Å². The molecule has 0 aromatic heterocycles. The molecule has 0 N–H and O–H groups in total.